The smallest absolute Gasteiger partial charge is 0.283 e. The van der Waals surface area contributed by atoms with E-state index in [1.165, 1.54) is 48.9 Å². The second-order valence-electron chi connectivity index (χ2n) is 7.15. The molecule has 0 unspecified atom stereocenters. The molecule has 6 nitrogen and oxygen atoms in total. The van der Waals surface area contributed by atoms with Gasteiger partial charge in [0, 0.05) is 11.2 Å². The van der Waals surface area contributed by atoms with Crippen LogP contribution in [0.5, 0.6) is 0 Å². The van der Waals surface area contributed by atoms with E-state index in [0.29, 0.717) is 16.2 Å². The zero-order chi connectivity index (χ0) is 19.0. The van der Waals surface area contributed by atoms with Crippen molar-refractivity contribution in [1.82, 2.24) is 5.01 Å². The Morgan fingerprint density at radius 2 is 2.11 bits per heavy atom. The van der Waals surface area contributed by atoms with Crippen LogP contribution in [0.4, 0.5) is 0 Å². The Labute approximate surface area is 167 Å². The summed E-state index contributed by atoms with van der Waals surface area (Å²) in [7, 11) is 0. The number of nitrogens with zero attached hydrogens (tertiary/aromatic N) is 3. The molecule has 1 saturated carbocycles. The number of hydrogen-bond acceptors (Lipinski definition) is 6. The van der Waals surface area contributed by atoms with Crippen molar-refractivity contribution >= 4 is 51.6 Å². The number of carbonyl (C=O) groups excluding carboxylic acids is 1. The lowest BCUT2D eigenvalue weighted by Crippen LogP contribution is -2.35. The summed E-state index contributed by atoms with van der Waals surface area (Å²) in [5.74, 6) is 0.422. The molecule has 1 amide bonds. The summed E-state index contributed by atoms with van der Waals surface area (Å²) in [5.41, 5.74) is 0.205. The third-order valence-corrected chi connectivity index (χ3v) is 7.15. The Balaban J connectivity index is 1.52. The molecule has 2 aliphatic heterocycles. The largest absolute Gasteiger partial charge is 0.450 e. The summed E-state index contributed by atoms with van der Waals surface area (Å²) >= 11 is 3.12. The molecule has 8 heteroatoms. The summed E-state index contributed by atoms with van der Waals surface area (Å²) in [5, 5.41) is 17.0. The Bertz CT molecular complexity index is 863. The maximum Gasteiger partial charge on any atom is 0.283 e. The van der Waals surface area contributed by atoms with E-state index in [0.717, 1.165) is 10.1 Å². The van der Waals surface area contributed by atoms with Crippen LogP contribution in [0.2, 0.25) is 0 Å². The fraction of sp³-hybridized carbons (Fsp3) is 0.474. The number of rotatable bonds is 4. The molecule has 0 atom stereocenters. The van der Waals surface area contributed by atoms with Gasteiger partial charge in [0.25, 0.3) is 5.91 Å². The number of hydrogen-bond donors (Lipinski definition) is 1. The zero-order valence-corrected chi connectivity index (χ0v) is 17.0. The molecular weight excluding hydrogens is 380 g/mol. The van der Waals surface area contributed by atoms with Crippen molar-refractivity contribution in [2.75, 3.05) is 0 Å². The van der Waals surface area contributed by atoms with Crippen molar-refractivity contribution in [1.29, 1.82) is 5.41 Å². The molecule has 0 aromatic carbocycles. The van der Waals surface area contributed by atoms with Crippen molar-refractivity contribution in [3.05, 3.63) is 23.5 Å². The fourth-order valence-corrected chi connectivity index (χ4v) is 5.29. The number of amides is 1. The van der Waals surface area contributed by atoms with Crippen LogP contribution in [0.15, 0.2) is 37.3 Å². The third-order valence-electron chi connectivity index (χ3n) is 4.69. The molecule has 27 heavy (non-hydrogen) atoms. The zero-order valence-electron chi connectivity index (χ0n) is 15.4. The minimum atomic E-state index is -0.420. The van der Waals surface area contributed by atoms with Gasteiger partial charge in [-0.25, -0.2) is 0 Å². The van der Waals surface area contributed by atoms with Crippen molar-refractivity contribution in [3.8, 4) is 0 Å². The van der Waals surface area contributed by atoms with E-state index in [4.69, 9.17) is 9.83 Å². The average molecular weight is 403 g/mol. The van der Waals surface area contributed by atoms with Gasteiger partial charge in [-0.2, -0.15) is 15.1 Å². The van der Waals surface area contributed by atoms with E-state index in [1.54, 1.807) is 17.8 Å². The lowest BCUT2D eigenvalue weighted by Gasteiger charge is -2.20. The molecule has 1 fully saturated rings. The van der Waals surface area contributed by atoms with Gasteiger partial charge < -0.3 is 4.42 Å². The standard InChI is InChI=1S/C19H22N4O2S2/c1-11(2)18-22-23-16(20)14(17(24)21-19(23)27-18)10-12-8-9-15(25-12)26-13-6-4-3-5-7-13/h8-11,13,20H,3-7H2,1-2H3/b14-10+,20-16?. The van der Waals surface area contributed by atoms with Crippen LogP contribution in [0.1, 0.15) is 51.7 Å². The van der Waals surface area contributed by atoms with Gasteiger partial charge in [0.15, 0.2) is 10.9 Å². The third kappa shape index (κ3) is 3.91. The highest BCUT2D eigenvalue weighted by Gasteiger charge is 2.36. The van der Waals surface area contributed by atoms with Gasteiger partial charge in [0.2, 0.25) is 5.17 Å². The molecule has 0 radical (unpaired) electrons. The van der Waals surface area contributed by atoms with Gasteiger partial charge in [-0.15, -0.1) is 0 Å². The van der Waals surface area contributed by atoms with E-state index >= 15 is 0 Å². The number of nitrogens with one attached hydrogen (secondary N) is 1. The molecule has 0 spiro atoms. The first-order valence-corrected chi connectivity index (χ1v) is 11.0. The normalized spacial score (nSPS) is 22.5. The number of amidine groups is 2. The van der Waals surface area contributed by atoms with E-state index in [1.807, 2.05) is 26.0 Å². The summed E-state index contributed by atoms with van der Waals surface area (Å²) < 4.78 is 5.89. The Kier molecular flexibility index (Phi) is 5.27. The second kappa shape index (κ2) is 7.67. The van der Waals surface area contributed by atoms with Crippen LogP contribution in [-0.2, 0) is 4.79 Å². The van der Waals surface area contributed by atoms with Crippen molar-refractivity contribution in [3.63, 3.8) is 0 Å². The number of furan rings is 1. The van der Waals surface area contributed by atoms with Crippen molar-refractivity contribution < 1.29 is 9.21 Å². The first-order valence-electron chi connectivity index (χ1n) is 9.28. The number of thioether (sulfide) groups is 2. The first kappa shape index (κ1) is 18.6. The SMILES string of the molecule is CC(C)C1=NN2C(=N)/C(=C\c3ccc(SC4CCCCC4)o3)C(=O)N=C2S1. The molecule has 4 rings (SSSR count). The van der Waals surface area contributed by atoms with Gasteiger partial charge >= 0.3 is 0 Å². The monoisotopic (exact) mass is 402 g/mol. The molecule has 0 bridgehead atoms. The lowest BCUT2D eigenvalue weighted by atomic mass is 10.0. The fourth-order valence-electron chi connectivity index (χ4n) is 3.21. The van der Waals surface area contributed by atoms with Gasteiger partial charge in [-0.1, -0.05) is 44.9 Å². The topological polar surface area (TPSA) is 82.0 Å². The van der Waals surface area contributed by atoms with E-state index < -0.39 is 5.91 Å². The Morgan fingerprint density at radius 1 is 1.33 bits per heavy atom. The highest BCUT2D eigenvalue weighted by molar-refractivity contribution is 8.27. The second-order valence-corrected chi connectivity index (χ2v) is 9.44. The van der Waals surface area contributed by atoms with Crippen LogP contribution in [0.25, 0.3) is 6.08 Å². The summed E-state index contributed by atoms with van der Waals surface area (Å²) in [6, 6.07) is 3.79. The van der Waals surface area contributed by atoms with Crippen LogP contribution in [0, 0.1) is 11.3 Å². The summed E-state index contributed by atoms with van der Waals surface area (Å²) in [6.07, 6.45) is 7.96. The molecule has 142 valence electrons. The van der Waals surface area contributed by atoms with Crippen molar-refractivity contribution in [2.45, 2.75) is 56.3 Å². The van der Waals surface area contributed by atoms with Crippen LogP contribution in [0.3, 0.4) is 0 Å². The lowest BCUT2D eigenvalue weighted by molar-refractivity contribution is -0.114. The van der Waals surface area contributed by atoms with Gasteiger partial charge in [0.1, 0.15) is 10.8 Å². The maximum absolute atomic E-state index is 12.4. The molecule has 0 saturated heterocycles. The van der Waals surface area contributed by atoms with Crippen LogP contribution in [-0.4, -0.2) is 32.2 Å². The number of carbonyl (C=O) groups is 1. The Morgan fingerprint density at radius 3 is 2.85 bits per heavy atom. The Hall–Kier alpha value is -1.80. The summed E-state index contributed by atoms with van der Waals surface area (Å²) in [6.45, 7) is 4.06. The molecule has 3 aliphatic rings. The number of hydrazone groups is 1. The average Bonchev–Trinajstić information content (AvgIpc) is 3.26. The first-order chi connectivity index (χ1) is 13.0. The van der Waals surface area contributed by atoms with Crippen LogP contribution < -0.4 is 0 Å². The van der Waals surface area contributed by atoms with E-state index in [9.17, 15) is 4.79 Å². The minimum absolute atomic E-state index is 0.0473. The highest BCUT2D eigenvalue weighted by atomic mass is 32.2. The predicted molar refractivity (Wildman–Crippen MR) is 111 cm³/mol. The van der Waals surface area contributed by atoms with E-state index in [-0.39, 0.29) is 17.3 Å². The van der Waals surface area contributed by atoms with Gasteiger partial charge in [0.05, 0.1) is 5.57 Å². The predicted octanol–water partition coefficient (Wildman–Crippen LogP) is 4.98. The van der Waals surface area contributed by atoms with Crippen molar-refractivity contribution in [2.24, 2.45) is 16.0 Å². The molecule has 1 N–H and O–H groups in total. The molecular formula is C19H22N4O2S2. The highest BCUT2D eigenvalue weighted by Crippen LogP contribution is 2.35. The van der Waals surface area contributed by atoms with E-state index in [2.05, 4.69) is 10.1 Å². The molecule has 1 aliphatic carbocycles. The number of fused-ring (bicyclic) bond motifs is 1. The summed E-state index contributed by atoms with van der Waals surface area (Å²) in [4.78, 5) is 16.5. The maximum atomic E-state index is 12.4. The molecule has 3 heterocycles. The van der Waals surface area contributed by atoms with Gasteiger partial charge in [-0.05, 0) is 42.8 Å². The molecule has 1 aromatic rings. The van der Waals surface area contributed by atoms with Gasteiger partial charge in [-0.3, -0.25) is 10.2 Å². The minimum Gasteiger partial charge on any atom is -0.450 e. The quantitative estimate of drug-likeness (QED) is 0.718. The molecule has 1 aromatic heterocycles. The van der Waals surface area contributed by atoms with Crippen LogP contribution >= 0.6 is 23.5 Å². The number of aliphatic imine (C=N–C) groups is 1.